The maximum absolute atomic E-state index is 13.0. The summed E-state index contributed by atoms with van der Waals surface area (Å²) in [5.41, 5.74) is 1.75. The molecule has 204 valence electrons. The second kappa shape index (κ2) is 13.9. The van der Waals surface area contributed by atoms with Crippen molar-refractivity contribution in [1.29, 1.82) is 0 Å². The number of nitrogens with zero attached hydrogens (tertiary/aromatic N) is 2. The Morgan fingerprint density at radius 2 is 1.67 bits per heavy atom. The molecule has 36 heavy (non-hydrogen) atoms. The molecule has 4 rings (SSSR count). The summed E-state index contributed by atoms with van der Waals surface area (Å²) in [6.45, 7) is 13.5. The van der Waals surface area contributed by atoms with Gasteiger partial charge >= 0.3 is 0 Å². The lowest BCUT2D eigenvalue weighted by Crippen LogP contribution is -2.47. The van der Waals surface area contributed by atoms with Crippen LogP contribution in [0.25, 0.3) is 10.9 Å². The summed E-state index contributed by atoms with van der Waals surface area (Å²) < 4.78 is 6.05. The molecular weight excluding hydrogens is 499 g/mol. The number of benzene rings is 1. The van der Waals surface area contributed by atoms with E-state index in [1.807, 2.05) is 24.3 Å². The third kappa shape index (κ3) is 8.80. The Balaban J connectivity index is 0.00000228. The van der Waals surface area contributed by atoms with Gasteiger partial charge in [-0.25, -0.2) is 0 Å². The SMILES string of the molecule is CC(C)(C)CCOc1cccc2[nH]c(C(=O)NC3CCN(CCN4CCC(O)CC4)CC3)cc12.Cl.Cl. The smallest absolute Gasteiger partial charge is 0.267 e. The first-order valence-electron chi connectivity index (χ1n) is 12.9. The van der Waals surface area contributed by atoms with Gasteiger partial charge in [-0.15, -0.1) is 24.8 Å². The first-order valence-corrected chi connectivity index (χ1v) is 12.9. The van der Waals surface area contributed by atoms with E-state index in [4.69, 9.17) is 4.74 Å². The van der Waals surface area contributed by atoms with E-state index in [1.54, 1.807) is 0 Å². The molecule has 0 bridgehead atoms. The molecule has 1 aromatic heterocycles. The third-order valence-corrected chi connectivity index (χ3v) is 7.19. The van der Waals surface area contributed by atoms with Crippen molar-refractivity contribution in [3.63, 3.8) is 0 Å². The van der Waals surface area contributed by atoms with Crippen LogP contribution >= 0.6 is 24.8 Å². The van der Waals surface area contributed by atoms with Crippen LogP contribution in [0.1, 0.15) is 63.4 Å². The van der Waals surface area contributed by atoms with Crippen LogP contribution in [-0.4, -0.2) is 83.8 Å². The number of carbonyl (C=O) groups excluding carboxylic acids is 1. The minimum atomic E-state index is -0.111. The number of aromatic nitrogens is 1. The quantitative estimate of drug-likeness (QED) is 0.458. The molecule has 0 atom stereocenters. The van der Waals surface area contributed by atoms with Gasteiger partial charge in [0.15, 0.2) is 0 Å². The van der Waals surface area contributed by atoms with Crippen LogP contribution in [0.3, 0.4) is 0 Å². The average Bonchev–Trinajstić information content (AvgIpc) is 3.24. The van der Waals surface area contributed by atoms with E-state index in [2.05, 4.69) is 40.9 Å². The normalized spacial score (nSPS) is 18.4. The standard InChI is InChI=1S/C27H42N4O3.2ClH/c1-27(2,3)11-18-34-25-6-4-5-23-22(25)19-24(29-23)26(33)28-20-7-12-30(13-8-20)16-17-31-14-9-21(32)10-15-31;;/h4-6,19-21,29,32H,7-18H2,1-3H3,(H,28,33);2*1H. The van der Waals surface area contributed by atoms with Crippen LogP contribution in [0, 0.1) is 5.41 Å². The molecule has 2 saturated heterocycles. The zero-order valence-corrected chi connectivity index (χ0v) is 23.6. The molecule has 9 heteroatoms. The van der Waals surface area contributed by atoms with Crippen molar-refractivity contribution >= 4 is 41.6 Å². The fourth-order valence-corrected chi connectivity index (χ4v) is 4.83. The maximum atomic E-state index is 13.0. The van der Waals surface area contributed by atoms with Gasteiger partial charge in [-0.3, -0.25) is 4.79 Å². The number of rotatable bonds is 8. The number of aliphatic hydroxyl groups excluding tert-OH is 1. The third-order valence-electron chi connectivity index (χ3n) is 7.19. The molecule has 0 unspecified atom stereocenters. The molecule has 2 aromatic rings. The number of piperidine rings is 2. The summed E-state index contributed by atoms with van der Waals surface area (Å²) in [4.78, 5) is 21.2. The monoisotopic (exact) mass is 542 g/mol. The zero-order chi connectivity index (χ0) is 24.1. The predicted molar refractivity (Wildman–Crippen MR) is 151 cm³/mol. The number of hydrogen-bond acceptors (Lipinski definition) is 5. The molecule has 3 heterocycles. The van der Waals surface area contributed by atoms with E-state index in [9.17, 15) is 9.90 Å². The highest BCUT2D eigenvalue weighted by Crippen LogP contribution is 2.28. The number of carbonyl (C=O) groups is 1. The molecule has 1 amide bonds. The highest BCUT2D eigenvalue weighted by molar-refractivity contribution is 5.99. The number of nitrogens with one attached hydrogen (secondary N) is 2. The van der Waals surface area contributed by atoms with Gasteiger partial charge in [0.25, 0.3) is 5.91 Å². The van der Waals surface area contributed by atoms with Crippen molar-refractivity contribution in [1.82, 2.24) is 20.1 Å². The Morgan fingerprint density at radius 3 is 2.28 bits per heavy atom. The topological polar surface area (TPSA) is 80.8 Å². The minimum absolute atomic E-state index is 0. The number of aliphatic hydroxyl groups is 1. The summed E-state index contributed by atoms with van der Waals surface area (Å²) in [6, 6.07) is 8.06. The number of amides is 1. The number of hydrogen-bond donors (Lipinski definition) is 3. The van der Waals surface area contributed by atoms with E-state index in [-0.39, 0.29) is 48.3 Å². The first kappa shape index (κ1) is 30.7. The summed E-state index contributed by atoms with van der Waals surface area (Å²) in [5.74, 6) is 0.788. The van der Waals surface area contributed by atoms with Crippen molar-refractivity contribution in [2.75, 3.05) is 45.9 Å². The van der Waals surface area contributed by atoms with E-state index < -0.39 is 0 Å². The van der Waals surface area contributed by atoms with Crippen LogP contribution in [0.5, 0.6) is 5.75 Å². The number of fused-ring (bicyclic) bond motifs is 1. The number of halogens is 2. The van der Waals surface area contributed by atoms with E-state index in [1.165, 1.54) is 0 Å². The zero-order valence-electron chi connectivity index (χ0n) is 21.9. The van der Waals surface area contributed by atoms with Gasteiger partial charge in [-0.05, 0) is 55.7 Å². The van der Waals surface area contributed by atoms with E-state index in [0.29, 0.717) is 12.3 Å². The molecule has 0 saturated carbocycles. The van der Waals surface area contributed by atoms with Crippen molar-refractivity contribution in [3.8, 4) is 5.75 Å². The lowest BCUT2D eigenvalue weighted by Gasteiger charge is -2.35. The Labute approximate surface area is 228 Å². The number of ether oxygens (including phenoxy) is 1. The van der Waals surface area contributed by atoms with Crippen LogP contribution in [0.15, 0.2) is 24.3 Å². The van der Waals surface area contributed by atoms with Crippen LogP contribution in [-0.2, 0) is 0 Å². The fraction of sp³-hybridized carbons (Fsp3) is 0.667. The summed E-state index contributed by atoms with van der Waals surface area (Å²) >= 11 is 0. The fourth-order valence-electron chi connectivity index (χ4n) is 4.83. The van der Waals surface area contributed by atoms with Crippen molar-refractivity contribution in [2.45, 2.75) is 65.0 Å². The van der Waals surface area contributed by atoms with Crippen LogP contribution < -0.4 is 10.1 Å². The Morgan fingerprint density at radius 1 is 1.06 bits per heavy atom. The molecule has 1 aromatic carbocycles. The Hall–Kier alpha value is -1.51. The van der Waals surface area contributed by atoms with Gasteiger partial charge in [0.2, 0.25) is 0 Å². The molecule has 3 N–H and O–H groups in total. The van der Waals surface area contributed by atoms with E-state index >= 15 is 0 Å². The molecule has 2 fully saturated rings. The van der Waals surface area contributed by atoms with Gasteiger partial charge in [-0.2, -0.15) is 0 Å². The maximum Gasteiger partial charge on any atom is 0.267 e. The molecule has 0 aliphatic carbocycles. The second-order valence-corrected chi connectivity index (χ2v) is 11.2. The van der Waals surface area contributed by atoms with Crippen LogP contribution in [0.2, 0.25) is 0 Å². The lowest BCUT2D eigenvalue weighted by atomic mass is 9.93. The lowest BCUT2D eigenvalue weighted by molar-refractivity contribution is 0.0729. The molecular formula is C27H44Cl2N4O3. The Bertz CT molecular complexity index is 946. The van der Waals surface area contributed by atoms with E-state index in [0.717, 1.165) is 88.0 Å². The molecule has 7 nitrogen and oxygen atoms in total. The van der Waals surface area contributed by atoms with Gasteiger partial charge in [-0.1, -0.05) is 26.8 Å². The van der Waals surface area contributed by atoms with Crippen LogP contribution in [0.4, 0.5) is 0 Å². The first-order chi connectivity index (χ1) is 16.3. The molecule has 2 aliphatic rings. The van der Waals surface area contributed by atoms with Gasteiger partial charge in [0.05, 0.1) is 12.7 Å². The van der Waals surface area contributed by atoms with Crippen molar-refractivity contribution in [3.05, 3.63) is 30.0 Å². The highest BCUT2D eigenvalue weighted by Gasteiger charge is 2.23. The Kier molecular flexibility index (Phi) is 11.8. The second-order valence-electron chi connectivity index (χ2n) is 11.2. The summed E-state index contributed by atoms with van der Waals surface area (Å²) in [6.07, 6.45) is 4.61. The largest absolute Gasteiger partial charge is 0.493 e. The van der Waals surface area contributed by atoms with Gasteiger partial charge < -0.3 is 29.9 Å². The summed E-state index contributed by atoms with van der Waals surface area (Å²) in [7, 11) is 0. The number of likely N-dealkylation sites (tertiary alicyclic amines) is 2. The molecule has 2 aliphatic heterocycles. The number of H-pyrrole nitrogens is 1. The number of aromatic amines is 1. The summed E-state index contributed by atoms with van der Waals surface area (Å²) in [5, 5.41) is 13.9. The minimum Gasteiger partial charge on any atom is -0.493 e. The highest BCUT2D eigenvalue weighted by atomic mass is 35.5. The predicted octanol–water partition coefficient (Wildman–Crippen LogP) is 4.48. The van der Waals surface area contributed by atoms with Gasteiger partial charge in [0.1, 0.15) is 11.4 Å². The molecule has 0 spiro atoms. The van der Waals surface area contributed by atoms with Gasteiger partial charge in [0, 0.05) is 56.2 Å². The van der Waals surface area contributed by atoms with Crippen molar-refractivity contribution < 1.29 is 14.6 Å². The molecule has 0 radical (unpaired) electrons. The average molecular weight is 544 g/mol. The van der Waals surface area contributed by atoms with Crippen molar-refractivity contribution in [2.24, 2.45) is 5.41 Å².